The summed E-state index contributed by atoms with van der Waals surface area (Å²) in [5.74, 6) is 0.918. The summed E-state index contributed by atoms with van der Waals surface area (Å²) in [5.41, 5.74) is 3.65. The Morgan fingerprint density at radius 2 is 1.74 bits per heavy atom. The van der Waals surface area contributed by atoms with Crippen LogP contribution in [0, 0.1) is 0 Å². The number of anilines is 1. The molecule has 0 saturated carbocycles. The zero-order chi connectivity index (χ0) is 15.8. The van der Waals surface area contributed by atoms with Crippen LogP contribution in [-0.4, -0.2) is 11.5 Å². The molecular weight excluding hydrogens is 327 g/mol. The number of hydrogen-bond acceptors (Lipinski definition) is 2. The standard InChI is InChI=1S/C19H16Cl2N2/c20-15-8-3-9-17-19(15)16(21)11-18(22-17)23-10-4-7-13-5-1-2-6-14(13)12-23/h1-3,5-6,8-9,11H,4,7,10,12H2. The van der Waals surface area contributed by atoms with Crippen molar-refractivity contribution in [2.24, 2.45) is 0 Å². The number of aromatic nitrogens is 1. The van der Waals surface area contributed by atoms with Crippen molar-refractivity contribution < 1.29 is 0 Å². The van der Waals surface area contributed by atoms with E-state index in [2.05, 4.69) is 29.2 Å². The van der Waals surface area contributed by atoms with E-state index in [1.54, 1.807) is 0 Å². The zero-order valence-corrected chi connectivity index (χ0v) is 14.1. The van der Waals surface area contributed by atoms with Gasteiger partial charge in [0.25, 0.3) is 0 Å². The SMILES string of the molecule is Clc1cccc2nc(N3CCCc4ccccc4C3)cc(Cl)c12. The zero-order valence-electron chi connectivity index (χ0n) is 12.6. The van der Waals surface area contributed by atoms with Crippen LogP contribution in [-0.2, 0) is 13.0 Å². The van der Waals surface area contributed by atoms with Crippen molar-refractivity contribution in [3.8, 4) is 0 Å². The normalized spacial score (nSPS) is 14.6. The summed E-state index contributed by atoms with van der Waals surface area (Å²) in [5, 5.41) is 2.13. The number of fused-ring (bicyclic) bond motifs is 2. The van der Waals surface area contributed by atoms with Crippen molar-refractivity contribution in [3.05, 3.63) is 69.7 Å². The number of hydrogen-bond donors (Lipinski definition) is 0. The monoisotopic (exact) mass is 342 g/mol. The summed E-state index contributed by atoms with van der Waals surface area (Å²) in [6.07, 6.45) is 2.23. The molecule has 2 nitrogen and oxygen atoms in total. The van der Waals surface area contributed by atoms with Crippen molar-refractivity contribution in [1.82, 2.24) is 4.98 Å². The molecule has 0 amide bonds. The number of benzene rings is 2. The number of aryl methyl sites for hydroxylation is 1. The summed E-state index contributed by atoms with van der Waals surface area (Å²) in [6.45, 7) is 1.84. The number of rotatable bonds is 1. The first-order chi connectivity index (χ1) is 11.2. The lowest BCUT2D eigenvalue weighted by molar-refractivity contribution is 0.756. The summed E-state index contributed by atoms with van der Waals surface area (Å²) >= 11 is 12.7. The van der Waals surface area contributed by atoms with Crippen molar-refractivity contribution in [2.75, 3.05) is 11.4 Å². The minimum Gasteiger partial charge on any atom is -0.352 e. The highest BCUT2D eigenvalue weighted by Gasteiger charge is 2.17. The van der Waals surface area contributed by atoms with Crippen LogP contribution in [0.5, 0.6) is 0 Å². The largest absolute Gasteiger partial charge is 0.352 e. The molecule has 3 aromatic rings. The van der Waals surface area contributed by atoms with E-state index in [9.17, 15) is 0 Å². The second-order valence-electron chi connectivity index (χ2n) is 5.89. The van der Waals surface area contributed by atoms with E-state index in [-0.39, 0.29) is 0 Å². The molecule has 23 heavy (non-hydrogen) atoms. The Morgan fingerprint density at radius 3 is 2.61 bits per heavy atom. The lowest BCUT2D eigenvalue weighted by atomic mass is 10.0. The average molecular weight is 343 g/mol. The van der Waals surface area contributed by atoms with Crippen molar-refractivity contribution in [3.63, 3.8) is 0 Å². The van der Waals surface area contributed by atoms with E-state index in [0.29, 0.717) is 10.0 Å². The number of pyridine rings is 1. The molecule has 116 valence electrons. The van der Waals surface area contributed by atoms with E-state index in [1.807, 2.05) is 24.3 Å². The third-order valence-electron chi connectivity index (χ3n) is 4.40. The first-order valence-corrected chi connectivity index (χ1v) is 8.54. The number of nitrogens with zero attached hydrogens (tertiary/aromatic N) is 2. The predicted molar refractivity (Wildman–Crippen MR) is 97.6 cm³/mol. The van der Waals surface area contributed by atoms with Crippen molar-refractivity contribution in [2.45, 2.75) is 19.4 Å². The summed E-state index contributed by atoms with van der Waals surface area (Å²) in [4.78, 5) is 7.10. The van der Waals surface area contributed by atoms with Gasteiger partial charge in [-0.3, -0.25) is 0 Å². The smallest absolute Gasteiger partial charge is 0.131 e. The molecule has 0 atom stereocenters. The molecule has 4 heteroatoms. The first kappa shape index (κ1) is 14.8. The number of halogens is 2. The van der Waals surface area contributed by atoms with Gasteiger partial charge in [-0.2, -0.15) is 0 Å². The molecule has 0 fully saturated rings. The molecule has 4 rings (SSSR count). The second kappa shape index (κ2) is 6.03. The van der Waals surface area contributed by atoms with Gasteiger partial charge in [-0.1, -0.05) is 53.5 Å². The Bertz CT molecular complexity index is 876. The fourth-order valence-electron chi connectivity index (χ4n) is 3.24. The van der Waals surface area contributed by atoms with Crippen molar-refractivity contribution in [1.29, 1.82) is 0 Å². The molecule has 0 bridgehead atoms. The topological polar surface area (TPSA) is 16.1 Å². The molecule has 0 radical (unpaired) electrons. The van der Waals surface area contributed by atoms with Crippen LogP contribution in [0.25, 0.3) is 10.9 Å². The van der Waals surface area contributed by atoms with Crippen LogP contribution >= 0.6 is 23.2 Å². The molecule has 1 aliphatic heterocycles. The molecule has 2 heterocycles. The molecule has 0 unspecified atom stereocenters. The van der Waals surface area contributed by atoms with Gasteiger partial charge in [-0.15, -0.1) is 0 Å². The van der Waals surface area contributed by atoms with Gasteiger partial charge in [0.2, 0.25) is 0 Å². The molecule has 0 N–H and O–H groups in total. The molecule has 1 aromatic heterocycles. The van der Waals surface area contributed by atoms with Crippen LogP contribution in [0.4, 0.5) is 5.82 Å². The Morgan fingerprint density at radius 1 is 0.913 bits per heavy atom. The van der Waals surface area contributed by atoms with Gasteiger partial charge in [0.15, 0.2) is 0 Å². The van der Waals surface area contributed by atoms with Crippen LogP contribution in [0.1, 0.15) is 17.5 Å². The highest BCUT2D eigenvalue weighted by Crippen LogP contribution is 2.33. The van der Waals surface area contributed by atoms with Crippen molar-refractivity contribution >= 4 is 39.9 Å². The van der Waals surface area contributed by atoms with Crippen LogP contribution in [0.2, 0.25) is 10.0 Å². The first-order valence-electron chi connectivity index (χ1n) is 7.79. The second-order valence-corrected chi connectivity index (χ2v) is 6.70. The maximum atomic E-state index is 6.48. The summed E-state index contributed by atoms with van der Waals surface area (Å²) < 4.78 is 0. The van der Waals surface area contributed by atoms with E-state index >= 15 is 0 Å². The third-order valence-corrected chi connectivity index (χ3v) is 5.01. The Labute approximate surface area is 145 Å². The van der Waals surface area contributed by atoms with Gasteiger partial charge in [0, 0.05) is 24.5 Å². The van der Waals surface area contributed by atoms with E-state index in [4.69, 9.17) is 28.2 Å². The maximum absolute atomic E-state index is 6.48. The lowest BCUT2D eigenvalue weighted by Crippen LogP contribution is -2.23. The van der Waals surface area contributed by atoms with Gasteiger partial charge in [0.1, 0.15) is 5.82 Å². The molecule has 1 aliphatic rings. The fourth-order valence-corrected chi connectivity index (χ4v) is 3.86. The van der Waals surface area contributed by atoms with E-state index < -0.39 is 0 Å². The average Bonchev–Trinajstić information content (AvgIpc) is 2.77. The lowest BCUT2D eigenvalue weighted by Gasteiger charge is -2.23. The van der Waals surface area contributed by atoms with E-state index in [1.165, 1.54) is 11.1 Å². The van der Waals surface area contributed by atoms with Crippen LogP contribution in [0.3, 0.4) is 0 Å². The molecule has 0 saturated heterocycles. The summed E-state index contributed by atoms with van der Waals surface area (Å²) in [7, 11) is 0. The highest BCUT2D eigenvalue weighted by molar-refractivity contribution is 6.42. The maximum Gasteiger partial charge on any atom is 0.131 e. The Hall–Kier alpha value is -1.77. The quantitative estimate of drug-likeness (QED) is 0.580. The van der Waals surface area contributed by atoms with Gasteiger partial charge < -0.3 is 4.90 Å². The van der Waals surface area contributed by atoms with Crippen LogP contribution in [0.15, 0.2) is 48.5 Å². The summed E-state index contributed by atoms with van der Waals surface area (Å²) in [6, 6.07) is 16.3. The Balaban J connectivity index is 1.77. The highest BCUT2D eigenvalue weighted by atomic mass is 35.5. The van der Waals surface area contributed by atoms with Gasteiger partial charge >= 0.3 is 0 Å². The Kier molecular flexibility index (Phi) is 3.88. The minimum atomic E-state index is 0.646. The van der Waals surface area contributed by atoms with Gasteiger partial charge in [0.05, 0.1) is 15.6 Å². The molecule has 0 spiro atoms. The van der Waals surface area contributed by atoms with Gasteiger partial charge in [-0.05, 0) is 36.1 Å². The third kappa shape index (κ3) is 2.77. The molecule has 0 aliphatic carbocycles. The fraction of sp³-hybridized carbons (Fsp3) is 0.211. The van der Waals surface area contributed by atoms with E-state index in [0.717, 1.165) is 42.7 Å². The minimum absolute atomic E-state index is 0.646. The van der Waals surface area contributed by atoms with Gasteiger partial charge in [-0.25, -0.2) is 4.98 Å². The molecule has 2 aromatic carbocycles. The predicted octanol–water partition coefficient (Wildman–Crippen LogP) is 5.49. The molecular formula is C19H16Cl2N2. The van der Waals surface area contributed by atoms with Crippen LogP contribution < -0.4 is 4.90 Å².